The van der Waals surface area contributed by atoms with Gasteiger partial charge in [-0.1, -0.05) is 12.1 Å². The van der Waals surface area contributed by atoms with Crippen molar-refractivity contribution in [2.24, 2.45) is 0 Å². The maximum absolute atomic E-state index is 6.01. The fraction of sp³-hybridized carbons (Fsp3) is 0.188. The number of nitrogens with two attached hydrogens (primary N) is 1. The highest BCUT2D eigenvalue weighted by Gasteiger charge is 2.28. The van der Waals surface area contributed by atoms with Gasteiger partial charge in [0.25, 0.3) is 0 Å². The van der Waals surface area contributed by atoms with Gasteiger partial charge in [-0.15, -0.1) is 0 Å². The Labute approximate surface area is 125 Å². The van der Waals surface area contributed by atoms with Crippen molar-refractivity contribution in [1.82, 2.24) is 9.55 Å². The molecule has 20 heavy (non-hydrogen) atoms. The Hall–Kier alpha value is -1.81. The second-order valence-electron chi connectivity index (χ2n) is 5.26. The van der Waals surface area contributed by atoms with Crippen LogP contribution in [0.15, 0.2) is 46.9 Å². The van der Waals surface area contributed by atoms with Gasteiger partial charge in [-0.2, -0.15) is 0 Å². The highest BCUT2D eigenvalue weighted by molar-refractivity contribution is 9.10. The van der Waals surface area contributed by atoms with E-state index in [-0.39, 0.29) is 0 Å². The molecule has 1 heterocycles. The number of para-hydroxylation sites is 2. The second-order valence-corrected chi connectivity index (χ2v) is 6.12. The van der Waals surface area contributed by atoms with E-state index in [4.69, 9.17) is 10.7 Å². The van der Waals surface area contributed by atoms with Crippen molar-refractivity contribution in [3.05, 3.63) is 46.9 Å². The van der Waals surface area contributed by atoms with E-state index in [1.807, 2.05) is 18.2 Å². The summed E-state index contributed by atoms with van der Waals surface area (Å²) in [5.74, 6) is 1.02. The Bertz CT molecular complexity index is 803. The maximum Gasteiger partial charge on any atom is 0.141 e. The first-order valence-electron chi connectivity index (χ1n) is 6.76. The Morgan fingerprint density at radius 3 is 2.70 bits per heavy atom. The lowest BCUT2D eigenvalue weighted by atomic mass is 10.2. The Morgan fingerprint density at radius 1 is 1.15 bits per heavy atom. The normalized spacial score (nSPS) is 14.8. The van der Waals surface area contributed by atoms with Crippen LogP contribution in [0.4, 0.5) is 5.69 Å². The molecule has 3 aromatic rings. The third kappa shape index (κ3) is 1.83. The van der Waals surface area contributed by atoms with Gasteiger partial charge in [-0.3, -0.25) is 0 Å². The number of anilines is 1. The molecular formula is C16H14BrN3. The van der Waals surface area contributed by atoms with E-state index in [0.29, 0.717) is 6.04 Å². The van der Waals surface area contributed by atoms with E-state index in [9.17, 15) is 0 Å². The van der Waals surface area contributed by atoms with Crippen molar-refractivity contribution in [2.75, 3.05) is 5.73 Å². The molecule has 1 fully saturated rings. The molecule has 0 unspecified atom stereocenters. The fourth-order valence-electron chi connectivity index (χ4n) is 2.63. The number of nitrogen functional groups attached to an aromatic ring is 1. The molecule has 0 atom stereocenters. The van der Waals surface area contributed by atoms with Gasteiger partial charge < -0.3 is 10.3 Å². The second kappa shape index (κ2) is 4.35. The number of rotatable bonds is 2. The number of fused-ring (bicyclic) bond motifs is 1. The number of hydrogen-bond acceptors (Lipinski definition) is 2. The third-order valence-corrected chi connectivity index (χ3v) is 4.48. The fourth-order valence-corrected chi connectivity index (χ4v) is 2.88. The Kier molecular flexibility index (Phi) is 2.60. The summed E-state index contributed by atoms with van der Waals surface area (Å²) in [4.78, 5) is 4.81. The SMILES string of the molecule is Nc1cc(-c2nc3ccccc3n2C2CC2)ccc1Br. The maximum atomic E-state index is 6.01. The van der Waals surface area contributed by atoms with Gasteiger partial charge in [-0.25, -0.2) is 4.98 Å². The van der Waals surface area contributed by atoms with Crippen LogP contribution in [0.1, 0.15) is 18.9 Å². The summed E-state index contributed by atoms with van der Waals surface area (Å²) in [5, 5.41) is 0. The zero-order valence-electron chi connectivity index (χ0n) is 10.9. The molecule has 0 spiro atoms. The first-order valence-corrected chi connectivity index (χ1v) is 7.56. The average molecular weight is 328 g/mol. The van der Waals surface area contributed by atoms with Crippen LogP contribution < -0.4 is 5.73 Å². The predicted molar refractivity (Wildman–Crippen MR) is 85.6 cm³/mol. The van der Waals surface area contributed by atoms with Crippen LogP contribution in [-0.4, -0.2) is 9.55 Å². The molecule has 0 saturated heterocycles. The van der Waals surface area contributed by atoms with E-state index in [1.165, 1.54) is 18.4 Å². The Balaban J connectivity index is 1.98. The molecule has 4 rings (SSSR count). The van der Waals surface area contributed by atoms with Crippen molar-refractivity contribution in [3.63, 3.8) is 0 Å². The highest BCUT2D eigenvalue weighted by atomic mass is 79.9. The van der Waals surface area contributed by atoms with Gasteiger partial charge in [0, 0.05) is 21.8 Å². The predicted octanol–water partition coefficient (Wildman–Crippen LogP) is 4.38. The third-order valence-electron chi connectivity index (χ3n) is 3.76. The van der Waals surface area contributed by atoms with E-state index >= 15 is 0 Å². The number of halogens is 1. The van der Waals surface area contributed by atoms with Gasteiger partial charge in [-0.05, 0) is 59.1 Å². The molecule has 1 saturated carbocycles. The molecule has 0 aliphatic heterocycles. The lowest BCUT2D eigenvalue weighted by molar-refractivity contribution is 0.775. The molecule has 0 amide bonds. The van der Waals surface area contributed by atoms with Crippen LogP contribution in [0.2, 0.25) is 0 Å². The van der Waals surface area contributed by atoms with E-state index in [1.54, 1.807) is 0 Å². The van der Waals surface area contributed by atoms with Gasteiger partial charge in [0.2, 0.25) is 0 Å². The molecule has 0 bridgehead atoms. The number of benzene rings is 2. The molecular weight excluding hydrogens is 314 g/mol. The molecule has 1 aromatic heterocycles. The van der Waals surface area contributed by atoms with Gasteiger partial charge in [0.15, 0.2) is 0 Å². The van der Waals surface area contributed by atoms with Crippen LogP contribution >= 0.6 is 15.9 Å². The van der Waals surface area contributed by atoms with Gasteiger partial charge >= 0.3 is 0 Å². The van der Waals surface area contributed by atoms with Crippen molar-refractivity contribution in [2.45, 2.75) is 18.9 Å². The minimum Gasteiger partial charge on any atom is -0.398 e. The summed E-state index contributed by atoms with van der Waals surface area (Å²) in [5.41, 5.74) is 10.1. The standard InChI is InChI=1S/C16H14BrN3/c17-12-8-5-10(9-13(12)18)16-19-14-3-1-2-4-15(14)20(16)11-6-7-11/h1-5,8-9,11H,6-7,18H2. The zero-order valence-corrected chi connectivity index (χ0v) is 12.5. The average Bonchev–Trinajstić information content (AvgIpc) is 3.22. The van der Waals surface area contributed by atoms with Crippen LogP contribution in [0.3, 0.4) is 0 Å². The quantitative estimate of drug-likeness (QED) is 0.709. The molecule has 4 heteroatoms. The number of imidazole rings is 1. The molecule has 100 valence electrons. The summed E-state index contributed by atoms with van der Waals surface area (Å²) >= 11 is 3.44. The number of hydrogen-bond donors (Lipinski definition) is 1. The van der Waals surface area contributed by atoms with Crippen molar-refractivity contribution < 1.29 is 0 Å². The summed E-state index contributed by atoms with van der Waals surface area (Å²) in [6.07, 6.45) is 2.47. The molecule has 2 N–H and O–H groups in total. The first kappa shape index (κ1) is 12.0. The monoisotopic (exact) mass is 327 g/mol. The van der Waals surface area contributed by atoms with Gasteiger partial charge in [0.05, 0.1) is 11.0 Å². The highest BCUT2D eigenvalue weighted by Crippen LogP contribution is 2.41. The number of aromatic nitrogens is 2. The zero-order chi connectivity index (χ0) is 13.7. The van der Waals surface area contributed by atoms with Gasteiger partial charge in [0.1, 0.15) is 5.82 Å². The topological polar surface area (TPSA) is 43.8 Å². The largest absolute Gasteiger partial charge is 0.398 e. The molecule has 2 aromatic carbocycles. The minimum absolute atomic E-state index is 0.585. The molecule has 0 radical (unpaired) electrons. The molecule has 3 nitrogen and oxygen atoms in total. The van der Waals surface area contributed by atoms with Crippen LogP contribution in [0.5, 0.6) is 0 Å². The number of nitrogens with zero attached hydrogens (tertiary/aromatic N) is 2. The Morgan fingerprint density at radius 2 is 1.95 bits per heavy atom. The van der Waals surface area contributed by atoms with E-state index in [2.05, 4.69) is 44.8 Å². The summed E-state index contributed by atoms with van der Waals surface area (Å²) in [6, 6.07) is 15.0. The lowest BCUT2D eigenvalue weighted by Gasteiger charge is -2.08. The summed E-state index contributed by atoms with van der Waals surface area (Å²) < 4.78 is 3.29. The van der Waals surface area contributed by atoms with Crippen molar-refractivity contribution >= 4 is 32.7 Å². The van der Waals surface area contributed by atoms with E-state index in [0.717, 1.165) is 27.1 Å². The smallest absolute Gasteiger partial charge is 0.141 e. The van der Waals surface area contributed by atoms with Crippen molar-refractivity contribution in [3.8, 4) is 11.4 Å². The van der Waals surface area contributed by atoms with Crippen LogP contribution in [-0.2, 0) is 0 Å². The summed E-state index contributed by atoms with van der Waals surface area (Å²) in [7, 11) is 0. The van der Waals surface area contributed by atoms with Crippen LogP contribution in [0.25, 0.3) is 22.4 Å². The minimum atomic E-state index is 0.585. The molecule has 1 aliphatic rings. The van der Waals surface area contributed by atoms with Crippen LogP contribution in [0, 0.1) is 0 Å². The van der Waals surface area contributed by atoms with Crippen molar-refractivity contribution in [1.29, 1.82) is 0 Å². The lowest BCUT2D eigenvalue weighted by Crippen LogP contribution is -1.98. The van der Waals surface area contributed by atoms with E-state index < -0.39 is 0 Å². The molecule has 1 aliphatic carbocycles. The summed E-state index contributed by atoms with van der Waals surface area (Å²) in [6.45, 7) is 0. The first-order chi connectivity index (χ1) is 9.74.